The predicted molar refractivity (Wildman–Crippen MR) is 104 cm³/mol. The maximum atomic E-state index is 13.1. The number of unbranched alkanes of at least 4 members (excludes halogenated alkanes) is 1. The highest BCUT2D eigenvalue weighted by Gasteiger charge is 2.31. The second kappa shape index (κ2) is 9.07. The number of sulfonamides is 1. The highest BCUT2D eigenvalue weighted by molar-refractivity contribution is 9.10. The van der Waals surface area contributed by atoms with Crippen LogP contribution in [0.4, 0.5) is 5.69 Å². The van der Waals surface area contributed by atoms with Gasteiger partial charge >= 0.3 is 0 Å². The van der Waals surface area contributed by atoms with E-state index >= 15 is 0 Å². The van der Waals surface area contributed by atoms with E-state index in [1.807, 2.05) is 24.3 Å². The van der Waals surface area contributed by atoms with Crippen molar-refractivity contribution in [3.8, 4) is 0 Å². The molecule has 0 unspecified atom stereocenters. The second-order valence-corrected chi connectivity index (χ2v) is 8.35. The van der Waals surface area contributed by atoms with Gasteiger partial charge in [-0.2, -0.15) is 4.31 Å². The lowest BCUT2D eigenvalue weighted by atomic mass is 10.2. The fourth-order valence-corrected chi connectivity index (χ4v) is 4.50. The smallest absolute Gasteiger partial charge is 0.258 e. The minimum atomic E-state index is -4.04. The highest BCUT2D eigenvalue weighted by Crippen LogP contribution is 2.28. The first-order valence-electron chi connectivity index (χ1n) is 7.95. The van der Waals surface area contributed by atoms with Crippen LogP contribution in [-0.4, -0.2) is 24.2 Å². The molecule has 0 aromatic heterocycles. The van der Waals surface area contributed by atoms with Crippen LogP contribution in [0.1, 0.15) is 18.4 Å². The largest absolute Gasteiger partial charge is 0.289 e. The van der Waals surface area contributed by atoms with Gasteiger partial charge in [0.2, 0.25) is 10.0 Å². The van der Waals surface area contributed by atoms with Gasteiger partial charge in [-0.3, -0.25) is 10.1 Å². The van der Waals surface area contributed by atoms with Crippen LogP contribution >= 0.6 is 15.9 Å². The predicted octanol–water partition coefficient (Wildman–Crippen LogP) is 4.51. The van der Waals surface area contributed by atoms with E-state index < -0.39 is 20.6 Å². The van der Waals surface area contributed by atoms with Crippen molar-refractivity contribution in [3.63, 3.8) is 0 Å². The van der Waals surface area contributed by atoms with E-state index in [1.165, 1.54) is 28.6 Å². The van der Waals surface area contributed by atoms with Crippen molar-refractivity contribution in [2.45, 2.75) is 24.3 Å². The molecule has 0 aliphatic rings. The average Bonchev–Trinajstić information content (AvgIpc) is 2.62. The Hall–Kier alpha value is -2.03. The molecule has 0 radical (unpaired) electrons. The van der Waals surface area contributed by atoms with E-state index in [0.29, 0.717) is 12.8 Å². The van der Waals surface area contributed by atoms with Gasteiger partial charge in [-0.25, -0.2) is 8.42 Å². The fourth-order valence-electron chi connectivity index (χ4n) is 2.48. The van der Waals surface area contributed by atoms with Crippen LogP contribution < -0.4 is 0 Å². The number of para-hydroxylation sites is 1. The first-order chi connectivity index (χ1) is 12.4. The summed E-state index contributed by atoms with van der Waals surface area (Å²) in [7, 11) is -4.04. The van der Waals surface area contributed by atoms with Crippen LogP contribution in [0.2, 0.25) is 0 Å². The molecule has 26 heavy (non-hydrogen) atoms. The summed E-state index contributed by atoms with van der Waals surface area (Å²) >= 11 is 3.42. The topological polar surface area (TPSA) is 80.5 Å². The lowest BCUT2D eigenvalue weighted by molar-refractivity contribution is -0.387. The Morgan fingerprint density at radius 3 is 2.46 bits per heavy atom. The van der Waals surface area contributed by atoms with Gasteiger partial charge in [-0.1, -0.05) is 52.3 Å². The molecule has 0 fully saturated rings. The number of benzene rings is 2. The number of hydrogen-bond donors (Lipinski definition) is 0. The molecule has 0 saturated heterocycles. The number of halogens is 1. The summed E-state index contributed by atoms with van der Waals surface area (Å²) in [4.78, 5) is 10.3. The summed E-state index contributed by atoms with van der Waals surface area (Å²) in [6, 6.07) is 12.7. The highest BCUT2D eigenvalue weighted by atomic mass is 79.9. The summed E-state index contributed by atoms with van der Waals surface area (Å²) in [6.45, 7) is 4.00. The zero-order valence-corrected chi connectivity index (χ0v) is 16.4. The van der Waals surface area contributed by atoms with E-state index in [0.717, 1.165) is 10.0 Å². The Balaban J connectivity index is 2.45. The van der Waals surface area contributed by atoms with E-state index in [9.17, 15) is 18.5 Å². The van der Waals surface area contributed by atoms with E-state index in [4.69, 9.17) is 0 Å². The van der Waals surface area contributed by atoms with Crippen molar-refractivity contribution in [1.82, 2.24) is 4.31 Å². The number of nitro benzene ring substituents is 1. The number of allylic oxidation sites excluding steroid dienone is 1. The molecule has 0 atom stereocenters. The van der Waals surface area contributed by atoms with Gasteiger partial charge in [0.25, 0.3) is 5.69 Å². The van der Waals surface area contributed by atoms with Gasteiger partial charge in [-0.05, 0) is 30.5 Å². The van der Waals surface area contributed by atoms with E-state index in [-0.39, 0.29) is 18.0 Å². The van der Waals surface area contributed by atoms with Crippen molar-refractivity contribution in [2.24, 2.45) is 0 Å². The van der Waals surface area contributed by atoms with Crippen molar-refractivity contribution in [3.05, 3.63) is 81.3 Å². The molecule has 2 aromatic rings. The van der Waals surface area contributed by atoms with Gasteiger partial charge in [0, 0.05) is 23.6 Å². The molecule has 8 heteroatoms. The van der Waals surface area contributed by atoms with Crippen LogP contribution in [0.25, 0.3) is 0 Å². The normalized spacial score (nSPS) is 11.5. The molecule has 0 amide bonds. The van der Waals surface area contributed by atoms with Crippen LogP contribution in [0, 0.1) is 10.1 Å². The maximum Gasteiger partial charge on any atom is 0.289 e. The SMILES string of the molecule is C=CCCCN(Cc1ccccc1Br)S(=O)(=O)c1ccccc1[N+](=O)[O-]. The van der Waals surface area contributed by atoms with Gasteiger partial charge in [0.15, 0.2) is 4.90 Å². The summed E-state index contributed by atoms with van der Waals surface area (Å²) < 4.78 is 28.4. The minimum Gasteiger partial charge on any atom is -0.258 e. The molecule has 0 N–H and O–H groups in total. The Kier molecular flexibility index (Phi) is 7.07. The Morgan fingerprint density at radius 1 is 1.15 bits per heavy atom. The standard InChI is InChI=1S/C18H19BrN2O4S/c1-2-3-8-13-20(14-15-9-4-5-10-16(15)19)26(24,25)18-12-7-6-11-17(18)21(22)23/h2,4-7,9-12H,1,3,8,13-14H2. The number of hydrogen-bond acceptors (Lipinski definition) is 4. The van der Waals surface area contributed by atoms with Crippen LogP contribution in [-0.2, 0) is 16.6 Å². The van der Waals surface area contributed by atoms with E-state index in [1.54, 1.807) is 6.08 Å². The quantitative estimate of drug-likeness (QED) is 0.249. The molecular weight excluding hydrogens is 420 g/mol. The monoisotopic (exact) mass is 438 g/mol. The molecule has 6 nitrogen and oxygen atoms in total. The van der Waals surface area contributed by atoms with Crippen molar-refractivity contribution >= 4 is 31.6 Å². The van der Waals surface area contributed by atoms with Gasteiger partial charge < -0.3 is 0 Å². The van der Waals surface area contributed by atoms with Gasteiger partial charge in [0.1, 0.15) is 0 Å². The molecule has 0 heterocycles. The molecule has 0 bridgehead atoms. The number of nitrogens with zero attached hydrogens (tertiary/aromatic N) is 2. The molecular formula is C18H19BrN2O4S. The zero-order chi connectivity index (χ0) is 19.2. The fraction of sp³-hybridized carbons (Fsp3) is 0.222. The molecule has 0 aliphatic carbocycles. The van der Waals surface area contributed by atoms with Gasteiger partial charge in [-0.15, -0.1) is 6.58 Å². The summed E-state index contributed by atoms with van der Waals surface area (Å²) in [5, 5.41) is 11.3. The average molecular weight is 439 g/mol. The molecule has 138 valence electrons. The number of nitro groups is 1. The van der Waals surface area contributed by atoms with Crippen molar-refractivity contribution in [2.75, 3.05) is 6.54 Å². The lowest BCUT2D eigenvalue weighted by Gasteiger charge is -2.22. The zero-order valence-electron chi connectivity index (χ0n) is 14.0. The molecule has 0 spiro atoms. The van der Waals surface area contributed by atoms with Crippen LogP contribution in [0.15, 0.2) is 70.6 Å². The minimum absolute atomic E-state index is 0.118. The number of rotatable bonds is 9. The van der Waals surface area contributed by atoms with Crippen molar-refractivity contribution in [1.29, 1.82) is 0 Å². The van der Waals surface area contributed by atoms with Crippen LogP contribution in [0.5, 0.6) is 0 Å². The third kappa shape index (κ3) is 4.78. The maximum absolute atomic E-state index is 13.1. The summed E-state index contributed by atoms with van der Waals surface area (Å²) in [5.74, 6) is 0. The first-order valence-corrected chi connectivity index (χ1v) is 10.2. The Bertz CT molecular complexity index is 900. The molecule has 2 rings (SSSR count). The third-order valence-electron chi connectivity index (χ3n) is 3.80. The summed E-state index contributed by atoms with van der Waals surface area (Å²) in [5.41, 5.74) is 0.363. The third-order valence-corrected chi connectivity index (χ3v) is 6.47. The lowest BCUT2D eigenvalue weighted by Crippen LogP contribution is -2.32. The summed E-state index contributed by atoms with van der Waals surface area (Å²) in [6.07, 6.45) is 2.95. The second-order valence-electron chi connectivity index (χ2n) is 5.59. The van der Waals surface area contributed by atoms with E-state index in [2.05, 4.69) is 22.5 Å². The molecule has 2 aromatic carbocycles. The molecule has 0 saturated carbocycles. The Morgan fingerprint density at radius 2 is 1.81 bits per heavy atom. The van der Waals surface area contributed by atoms with Crippen molar-refractivity contribution < 1.29 is 13.3 Å². The van der Waals surface area contributed by atoms with Gasteiger partial charge in [0.05, 0.1) is 4.92 Å². The first kappa shape index (κ1) is 20.3. The molecule has 0 aliphatic heterocycles. The van der Waals surface area contributed by atoms with Crippen LogP contribution in [0.3, 0.4) is 0 Å². The Labute approximate surface area is 161 Å².